The number of carbonyl (C=O) groups excluding carboxylic acids is 1. The first kappa shape index (κ1) is 16.8. The van der Waals surface area contributed by atoms with Gasteiger partial charge in [0.25, 0.3) is 0 Å². The fourth-order valence-corrected chi connectivity index (χ4v) is 7.28. The van der Waals surface area contributed by atoms with Crippen molar-refractivity contribution in [2.24, 2.45) is 29.1 Å². The number of aryl methyl sites for hydroxylation is 1. The van der Waals surface area contributed by atoms with Crippen molar-refractivity contribution in [1.82, 2.24) is 0 Å². The lowest BCUT2D eigenvalue weighted by Gasteiger charge is -2.53. The first-order valence-electron chi connectivity index (χ1n) is 10.9. The summed E-state index contributed by atoms with van der Waals surface area (Å²) in [7, 11) is 0. The van der Waals surface area contributed by atoms with Gasteiger partial charge in [-0.3, -0.25) is 4.79 Å². The summed E-state index contributed by atoms with van der Waals surface area (Å²) in [4.78, 5) is 12.9. The van der Waals surface area contributed by atoms with E-state index in [1.54, 1.807) is 0 Å². The van der Waals surface area contributed by atoms with Gasteiger partial charge in [-0.15, -0.1) is 0 Å². The number of hydrogen-bond acceptors (Lipinski definition) is 1. The number of allylic oxidation sites excluding steroid dienone is 1. The molecule has 1 nitrogen and oxygen atoms in total. The third-order valence-electron chi connectivity index (χ3n) is 8.67. The van der Waals surface area contributed by atoms with Crippen LogP contribution in [0.1, 0.15) is 75.3 Å². The van der Waals surface area contributed by atoms with Gasteiger partial charge in [0.1, 0.15) is 0 Å². The monoisotopic (exact) mass is 348 g/mol. The van der Waals surface area contributed by atoms with Gasteiger partial charge < -0.3 is 0 Å². The highest BCUT2D eigenvalue weighted by Crippen LogP contribution is 2.62. The van der Waals surface area contributed by atoms with Crippen LogP contribution in [0.25, 0.3) is 0 Å². The SMILES string of the molecule is Cc1ccc(C2C[C@H]3C(=CC2=O)CC[C@@H]2[C@@H]3CC[C@]3(C)CCC[C@@H]23)cc1. The van der Waals surface area contributed by atoms with Crippen molar-refractivity contribution in [3.8, 4) is 0 Å². The lowest BCUT2D eigenvalue weighted by atomic mass is 9.52. The summed E-state index contributed by atoms with van der Waals surface area (Å²) in [5.74, 6) is 3.85. The number of carbonyl (C=O) groups is 1. The third kappa shape index (κ3) is 2.53. The van der Waals surface area contributed by atoms with E-state index in [1.807, 2.05) is 0 Å². The second kappa shape index (κ2) is 6.08. The minimum atomic E-state index is 0.0972. The molecular formula is C25H32O. The molecule has 1 heteroatoms. The van der Waals surface area contributed by atoms with E-state index in [1.165, 1.54) is 61.6 Å². The average Bonchev–Trinajstić information content (AvgIpc) is 3.03. The summed E-state index contributed by atoms with van der Waals surface area (Å²) in [6.45, 7) is 4.70. The summed E-state index contributed by atoms with van der Waals surface area (Å²) >= 11 is 0. The van der Waals surface area contributed by atoms with Crippen molar-refractivity contribution in [3.63, 3.8) is 0 Å². The maximum atomic E-state index is 12.9. The Balaban J connectivity index is 1.44. The van der Waals surface area contributed by atoms with E-state index in [9.17, 15) is 4.79 Å². The zero-order valence-corrected chi connectivity index (χ0v) is 16.3. The predicted molar refractivity (Wildman–Crippen MR) is 106 cm³/mol. The smallest absolute Gasteiger partial charge is 0.163 e. The van der Waals surface area contributed by atoms with Crippen LogP contribution in [0.15, 0.2) is 35.9 Å². The van der Waals surface area contributed by atoms with Gasteiger partial charge in [0.2, 0.25) is 0 Å². The van der Waals surface area contributed by atoms with E-state index in [4.69, 9.17) is 0 Å². The van der Waals surface area contributed by atoms with Gasteiger partial charge in [-0.05, 0) is 92.6 Å². The van der Waals surface area contributed by atoms with Crippen molar-refractivity contribution in [3.05, 3.63) is 47.0 Å². The maximum absolute atomic E-state index is 12.9. The zero-order valence-electron chi connectivity index (χ0n) is 16.3. The van der Waals surface area contributed by atoms with E-state index in [2.05, 4.69) is 44.2 Å². The molecule has 0 aliphatic heterocycles. The number of ketones is 1. The van der Waals surface area contributed by atoms with Gasteiger partial charge in [0, 0.05) is 5.92 Å². The van der Waals surface area contributed by atoms with Gasteiger partial charge in [-0.2, -0.15) is 0 Å². The van der Waals surface area contributed by atoms with Crippen molar-refractivity contribution >= 4 is 5.78 Å². The Kier molecular flexibility index (Phi) is 3.92. The molecule has 3 saturated carbocycles. The van der Waals surface area contributed by atoms with Crippen LogP contribution in [0.3, 0.4) is 0 Å². The van der Waals surface area contributed by atoms with E-state index >= 15 is 0 Å². The molecule has 0 saturated heterocycles. The molecule has 4 aliphatic carbocycles. The molecule has 0 aromatic heterocycles. The van der Waals surface area contributed by atoms with E-state index in [0.717, 1.165) is 24.2 Å². The molecule has 4 aliphatic rings. The Labute approximate surface area is 158 Å². The first-order valence-corrected chi connectivity index (χ1v) is 10.9. The topological polar surface area (TPSA) is 17.1 Å². The largest absolute Gasteiger partial charge is 0.294 e. The molecular weight excluding hydrogens is 316 g/mol. The number of fused-ring (bicyclic) bond motifs is 5. The fourth-order valence-electron chi connectivity index (χ4n) is 7.28. The molecule has 0 heterocycles. The molecule has 0 spiro atoms. The molecule has 3 fully saturated rings. The van der Waals surface area contributed by atoms with Crippen molar-refractivity contribution in [2.75, 3.05) is 0 Å². The minimum Gasteiger partial charge on any atom is -0.294 e. The Bertz CT molecular complexity index is 742. The zero-order chi connectivity index (χ0) is 17.9. The molecule has 0 radical (unpaired) electrons. The average molecular weight is 349 g/mol. The normalized spacial score (nSPS) is 41.8. The highest BCUT2D eigenvalue weighted by Gasteiger charge is 2.53. The summed E-state index contributed by atoms with van der Waals surface area (Å²) in [5, 5.41) is 0. The van der Waals surface area contributed by atoms with Gasteiger partial charge in [0.05, 0.1) is 0 Å². The Morgan fingerprint density at radius 2 is 1.81 bits per heavy atom. The molecule has 5 rings (SSSR count). The molecule has 1 aromatic carbocycles. The summed E-state index contributed by atoms with van der Waals surface area (Å²) < 4.78 is 0. The number of benzene rings is 1. The summed E-state index contributed by atoms with van der Waals surface area (Å²) in [5.41, 5.74) is 4.64. The third-order valence-corrected chi connectivity index (χ3v) is 8.67. The van der Waals surface area contributed by atoms with Crippen LogP contribution in [0, 0.1) is 36.0 Å². The van der Waals surface area contributed by atoms with Crippen LogP contribution < -0.4 is 0 Å². The van der Waals surface area contributed by atoms with Crippen molar-refractivity contribution < 1.29 is 4.79 Å². The van der Waals surface area contributed by atoms with E-state index < -0.39 is 0 Å². The van der Waals surface area contributed by atoms with Crippen LogP contribution in [0.5, 0.6) is 0 Å². The summed E-state index contributed by atoms with van der Waals surface area (Å²) in [6, 6.07) is 8.70. The highest BCUT2D eigenvalue weighted by atomic mass is 16.1. The summed E-state index contributed by atoms with van der Waals surface area (Å²) in [6.07, 6.45) is 12.8. The van der Waals surface area contributed by atoms with Crippen molar-refractivity contribution in [1.29, 1.82) is 0 Å². The van der Waals surface area contributed by atoms with Crippen LogP contribution >= 0.6 is 0 Å². The molecule has 0 N–H and O–H groups in total. The van der Waals surface area contributed by atoms with Crippen molar-refractivity contribution in [2.45, 2.75) is 71.1 Å². The van der Waals surface area contributed by atoms with Gasteiger partial charge in [-0.1, -0.05) is 48.7 Å². The highest BCUT2D eigenvalue weighted by molar-refractivity contribution is 5.97. The molecule has 138 valence electrons. The number of hydrogen-bond donors (Lipinski definition) is 0. The molecule has 6 atom stereocenters. The van der Waals surface area contributed by atoms with Crippen LogP contribution in [-0.2, 0) is 4.79 Å². The van der Waals surface area contributed by atoms with Gasteiger partial charge >= 0.3 is 0 Å². The second-order valence-corrected chi connectivity index (χ2v) is 9.98. The molecule has 0 amide bonds. The quantitative estimate of drug-likeness (QED) is 0.589. The fraction of sp³-hybridized carbons (Fsp3) is 0.640. The first-order chi connectivity index (χ1) is 12.5. The molecule has 0 bridgehead atoms. The van der Waals surface area contributed by atoms with Crippen LogP contribution in [0.4, 0.5) is 0 Å². The van der Waals surface area contributed by atoms with E-state index in [-0.39, 0.29) is 5.92 Å². The van der Waals surface area contributed by atoms with E-state index in [0.29, 0.717) is 17.1 Å². The standard InChI is InChI=1S/C25H32O/c1-16-5-7-17(8-6-16)22-15-21-18(14-24(22)26)9-10-20-19(21)11-13-25(2)12-3-4-23(20)25/h5-8,14,19-23H,3-4,9-13,15H2,1-2H3/t19-,20+,21-,22?,23-,25-/m0/s1. The Hall–Kier alpha value is -1.37. The lowest BCUT2D eigenvalue weighted by molar-refractivity contribution is -0.117. The maximum Gasteiger partial charge on any atom is 0.163 e. The van der Waals surface area contributed by atoms with Crippen LogP contribution in [0.2, 0.25) is 0 Å². The van der Waals surface area contributed by atoms with Gasteiger partial charge in [-0.25, -0.2) is 0 Å². The molecule has 1 unspecified atom stereocenters. The Morgan fingerprint density at radius 3 is 2.62 bits per heavy atom. The number of rotatable bonds is 1. The minimum absolute atomic E-state index is 0.0972. The Morgan fingerprint density at radius 1 is 1.00 bits per heavy atom. The predicted octanol–water partition coefficient (Wildman–Crippen LogP) is 6.22. The molecule has 1 aromatic rings. The second-order valence-electron chi connectivity index (χ2n) is 9.98. The molecule has 26 heavy (non-hydrogen) atoms. The lowest BCUT2D eigenvalue weighted by Crippen LogP contribution is -2.45. The van der Waals surface area contributed by atoms with Gasteiger partial charge in [0.15, 0.2) is 5.78 Å². The van der Waals surface area contributed by atoms with Crippen LogP contribution in [-0.4, -0.2) is 5.78 Å².